The molecule has 15 nitrogen and oxygen atoms in total. The van der Waals surface area contributed by atoms with Crippen LogP contribution in [0, 0.1) is 13.7 Å². The van der Waals surface area contributed by atoms with Crippen LogP contribution in [-0.2, 0) is 25.5 Å². The molecule has 2 aromatic rings. The number of hydrogen-bond donors (Lipinski definition) is 2. The van der Waals surface area contributed by atoms with E-state index >= 15 is 0 Å². The SMILES string of the molecule is CCCCOC(=O)Nc1nc(=O)n([C@@H]2O[C@H](COC(=O)Cn3cnc([N+](=O)[O-])c3)C(O)C2(F)F)cc1I. The molecule has 3 heterocycles. The predicted molar refractivity (Wildman–Crippen MR) is 126 cm³/mol. The molecule has 18 heteroatoms. The minimum absolute atomic E-state index is 0.0998. The van der Waals surface area contributed by atoms with Crippen LogP contribution >= 0.6 is 22.6 Å². The Morgan fingerprint density at radius 2 is 2.11 bits per heavy atom. The maximum absolute atomic E-state index is 14.8. The number of esters is 1. The maximum atomic E-state index is 14.8. The first-order valence-electron chi connectivity index (χ1n) is 10.7. The highest BCUT2D eigenvalue weighted by Gasteiger charge is 2.60. The highest BCUT2D eigenvalue weighted by atomic mass is 127. The lowest BCUT2D eigenvalue weighted by Gasteiger charge is -2.21. The van der Waals surface area contributed by atoms with E-state index in [2.05, 4.69) is 15.3 Å². The van der Waals surface area contributed by atoms with Gasteiger partial charge in [0.2, 0.25) is 12.6 Å². The Kier molecular flexibility index (Phi) is 9.07. The van der Waals surface area contributed by atoms with Crippen molar-refractivity contribution in [2.75, 3.05) is 18.5 Å². The van der Waals surface area contributed by atoms with Crippen molar-refractivity contribution in [1.82, 2.24) is 19.1 Å². The van der Waals surface area contributed by atoms with Crippen LogP contribution in [0.25, 0.3) is 0 Å². The van der Waals surface area contributed by atoms with Gasteiger partial charge in [-0.1, -0.05) is 13.3 Å². The number of carbonyl (C=O) groups is 2. The minimum Gasteiger partial charge on any atom is -0.461 e. The second kappa shape index (κ2) is 11.9. The summed E-state index contributed by atoms with van der Waals surface area (Å²) in [6.07, 6.45) is -2.97. The Balaban J connectivity index is 1.66. The van der Waals surface area contributed by atoms with Crippen molar-refractivity contribution in [3.05, 3.63) is 42.9 Å². The van der Waals surface area contributed by atoms with Crippen LogP contribution in [0.4, 0.5) is 25.2 Å². The number of ether oxygens (including phenoxy) is 3. The molecule has 0 saturated carbocycles. The summed E-state index contributed by atoms with van der Waals surface area (Å²) in [6, 6.07) is 0. The van der Waals surface area contributed by atoms with Crippen LogP contribution in [-0.4, -0.2) is 72.5 Å². The van der Waals surface area contributed by atoms with E-state index < -0.39 is 66.0 Å². The summed E-state index contributed by atoms with van der Waals surface area (Å²) < 4.78 is 46.2. The van der Waals surface area contributed by atoms with Gasteiger partial charge in [-0.25, -0.2) is 9.59 Å². The molecule has 1 fully saturated rings. The summed E-state index contributed by atoms with van der Waals surface area (Å²) in [4.78, 5) is 53.2. The molecule has 2 N–H and O–H groups in total. The molecule has 0 aromatic carbocycles. The first-order chi connectivity index (χ1) is 17.4. The summed E-state index contributed by atoms with van der Waals surface area (Å²) >= 11 is 1.66. The largest absolute Gasteiger partial charge is 0.461 e. The second-order valence-corrected chi connectivity index (χ2v) is 8.89. The molecule has 0 bridgehead atoms. The molecule has 0 aliphatic carbocycles. The Morgan fingerprint density at radius 1 is 1.38 bits per heavy atom. The van der Waals surface area contributed by atoms with E-state index in [1.54, 1.807) is 22.6 Å². The molecule has 1 aliphatic rings. The van der Waals surface area contributed by atoms with Gasteiger partial charge in [-0.3, -0.25) is 19.2 Å². The van der Waals surface area contributed by atoms with Crippen molar-refractivity contribution in [3.63, 3.8) is 0 Å². The zero-order valence-corrected chi connectivity index (χ0v) is 21.2. The molecule has 0 spiro atoms. The van der Waals surface area contributed by atoms with Gasteiger partial charge in [0, 0.05) is 6.20 Å². The number of nitrogens with one attached hydrogen (secondary N) is 1. The second-order valence-electron chi connectivity index (χ2n) is 7.73. The number of nitro groups is 1. The lowest BCUT2D eigenvalue weighted by atomic mass is 10.1. The van der Waals surface area contributed by atoms with Crippen LogP contribution in [0.3, 0.4) is 0 Å². The molecule has 0 radical (unpaired) electrons. The van der Waals surface area contributed by atoms with Gasteiger partial charge in [0.15, 0.2) is 11.9 Å². The molecule has 1 amide bonds. The molecule has 2 aromatic heterocycles. The van der Waals surface area contributed by atoms with Gasteiger partial charge in [0.1, 0.15) is 25.5 Å². The monoisotopic (exact) mass is 642 g/mol. The number of imidazole rings is 1. The lowest BCUT2D eigenvalue weighted by Crippen LogP contribution is -2.42. The molecule has 202 valence electrons. The molecule has 1 unspecified atom stereocenters. The van der Waals surface area contributed by atoms with E-state index in [1.807, 2.05) is 6.92 Å². The first-order valence-corrected chi connectivity index (χ1v) is 11.8. The first kappa shape index (κ1) is 28.3. The van der Waals surface area contributed by atoms with Crippen molar-refractivity contribution in [1.29, 1.82) is 0 Å². The Labute approximate surface area is 220 Å². The number of aliphatic hydroxyl groups excluding tert-OH is 1. The van der Waals surface area contributed by atoms with Gasteiger partial charge in [-0.15, -0.1) is 0 Å². The molecule has 3 atom stereocenters. The van der Waals surface area contributed by atoms with Crippen LogP contribution < -0.4 is 11.0 Å². The number of halogens is 3. The quantitative estimate of drug-likeness (QED) is 0.125. The lowest BCUT2D eigenvalue weighted by molar-refractivity contribution is -0.389. The number of amides is 1. The molecule has 37 heavy (non-hydrogen) atoms. The fourth-order valence-corrected chi connectivity index (χ4v) is 3.70. The van der Waals surface area contributed by atoms with E-state index in [-0.39, 0.29) is 16.0 Å². The zero-order chi connectivity index (χ0) is 27.3. The van der Waals surface area contributed by atoms with Gasteiger partial charge >= 0.3 is 29.5 Å². The van der Waals surface area contributed by atoms with E-state index in [4.69, 9.17) is 14.2 Å². The average Bonchev–Trinajstić information content (AvgIpc) is 3.38. The average molecular weight is 642 g/mol. The Bertz CT molecular complexity index is 1220. The van der Waals surface area contributed by atoms with Gasteiger partial charge < -0.3 is 29.4 Å². The maximum Gasteiger partial charge on any atom is 0.412 e. The smallest absolute Gasteiger partial charge is 0.412 e. The predicted octanol–water partition coefficient (Wildman–Crippen LogP) is 1.44. The number of aliphatic hydroxyl groups is 1. The molecule has 1 saturated heterocycles. The van der Waals surface area contributed by atoms with Crippen LogP contribution in [0.15, 0.2) is 23.5 Å². The topological polar surface area (TPSA) is 190 Å². The van der Waals surface area contributed by atoms with Crippen LogP contribution in [0.1, 0.15) is 26.0 Å². The third-order valence-electron chi connectivity index (χ3n) is 5.02. The van der Waals surface area contributed by atoms with Crippen molar-refractivity contribution >= 4 is 46.3 Å². The van der Waals surface area contributed by atoms with Crippen molar-refractivity contribution in [3.8, 4) is 0 Å². The summed E-state index contributed by atoms with van der Waals surface area (Å²) in [6.45, 7) is 0.727. The number of alkyl halides is 2. The Morgan fingerprint density at radius 3 is 2.76 bits per heavy atom. The normalized spacial score (nSPS) is 20.4. The van der Waals surface area contributed by atoms with Gasteiger partial charge in [0.05, 0.1) is 10.2 Å². The summed E-state index contributed by atoms with van der Waals surface area (Å²) in [5.74, 6) is -5.67. The number of nitrogens with zero attached hydrogens (tertiary/aromatic N) is 5. The fourth-order valence-electron chi connectivity index (χ4n) is 3.15. The number of carbonyl (C=O) groups excluding carboxylic acids is 2. The van der Waals surface area contributed by atoms with Gasteiger partial charge in [0.25, 0.3) is 0 Å². The Hall–Kier alpha value is -3.26. The van der Waals surface area contributed by atoms with E-state index in [0.29, 0.717) is 11.0 Å². The van der Waals surface area contributed by atoms with Crippen molar-refractivity contribution in [2.45, 2.75) is 50.7 Å². The third-order valence-corrected chi connectivity index (χ3v) is 5.81. The summed E-state index contributed by atoms with van der Waals surface area (Å²) in [5.41, 5.74) is -1.21. The van der Waals surface area contributed by atoms with Crippen LogP contribution in [0.2, 0.25) is 0 Å². The highest BCUT2D eigenvalue weighted by molar-refractivity contribution is 14.1. The standard InChI is InChI=1S/C19H21F2IN6O9/c1-2-3-4-35-18(32)25-15-10(22)5-27(17(31)24-15)16-19(20,21)14(30)11(37-16)8-36-13(29)7-26-6-12(23-9-26)28(33)34/h5-6,9,11,14,16,30H,2-4,7-8H2,1H3,(H,24,25,31,32)/t11-,14?,16-/m1/s1. The van der Waals surface area contributed by atoms with Crippen molar-refractivity contribution in [2.24, 2.45) is 0 Å². The third kappa shape index (κ3) is 6.74. The van der Waals surface area contributed by atoms with E-state index in [0.717, 1.165) is 29.7 Å². The molecular formula is C19H21F2IN6O9. The zero-order valence-electron chi connectivity index (χ0n) is 19.1. The van der Waals surface area contributed by atoms with E-state index in [9.17, 15) is 38.4 Å². The number of anilines is 1. The van der Waals surface area contributed by atoms with Gasteiger partial charge in [-0.05, 0) is 38.9 Å². The number of hydrogen-bond acceptors (Lipinski definition) is 11. The molecule has 1 aliphatic heterocycles. The van der Waals surface area contributed by atoms with Crippen molar-refractivity contribution < 1.29 is 42.6 Å². The summed E-state index contributed by atoms with van der Waals surface area (Å²) in [5, 5.41) is 23.0. The highest BCUT2D eigenvalue weighted by Crippen LogP contribution is 2.42. The summed E-state index contributed by atoms with van der Waals surface area (Å²) in [7, 11) is 0. The number of unbranched alkanes of at least 4 members (excludes halogenated alkanes) is 1. The minimum atomic E-state index is -3.98. The molecule has 3 rings (SSSR count). The number of rotatable bonds is 10. The van der Waals surface area contributed by atoms with Crippen LogP contribution in [0.5, 0.6) is 0 Å². The van der Waals surface area contributed by atoms with E-state index in [1.165, 1.54) is 0 Å². The molecular weight excluding hydrogens is 621 g/mol. The number of aromatic nitrogens is 4. The van der Waals surface area contributed by atoms with Gasteiger partial charge in [-0.2, -0.15) is 13.8 Å². The fraction of sp³-hybridized carbons (Fsp3) is 0.526.